The average Bonchev–Trinajstić information content (AvgIpc) is 3.81. The Labute approximate surface area is 437 Å². The highest BCUT2D eigenvalue weighted by Gasteiger charge is 2.60. The maximum atomic E-state index is 14.8. The van der Waals surface area contributed by atoms with Crippen LogP contribution >= 0.6 is 0 Å². The van der Waals surface area contributed by atoms with Gasteiger partial charge in [-0.3, -0.25) is 19.3 Å². The number of nitrogens with zero attached hydrogens (tertiary/aromatic N) is 1. The van der Waals surface area contributed by atoms with Crippen LogP contribution in [0.5, 0.6) is 23.0 Å². The van der Waals surface area contributed by atoms with Crippen LogP contribution in [0.15, 0.2) is 83.5 Å². The van der Waals surface area contributed by atoms with Gasteiger partial charge in [-0.1, -0.05) is 83.8 Å². The molecule has 0 bridgehead atoms. The number of phenolic OH excluding ortho intramolecular Hbond substituents is 2. The fraction of sp³-hybridized carbons (Fsp3) is 0.607. The number of ether oxygens (including phenoxy) is 6. The van der Waals surface area contributed by atoms with Gasteiger partial charge < -0.3 is 38.6 Å². The van der Waals surface area contributed by atoms with Gasteiger partial charge in [-0.2, -0.15) is 0 Å². The van der Waals surface area contributed by atoms with E-state index in [4.69, 9.17) is 28.4 Å². The van der Waals surface area contributed by atoms with Gasteiger partial charge >= 0.3 is 23.9 Å². The number of benzene rings is 2. The molecule has 0 aromatic heterocycles. The van der Waals surface area contributed by atoms with Gasteiger partial charge in [-0.25, -0.2) is 4.79 Å². The molecule has 10 atom stereocenters. The van der Waals surface area contributed by atoms with E-state index in [1.165, 1.54) is 74.8 Å². The molecular weight excluding hydrogens is 939 g/mol. The van der Waals surface area contributed by atoms with Crippen molar-refractivity contribution in [3.05, 3.63) is 94.6 Å². The smallest absolute Gasteiger partial charge is 0.340 e. The van der Waals surface area contributed by atoms with Crippen LogP contribution in [0.3, 0.4) is 0 Å². The van der Waals surface area contributed by atoms with Crippen LogP contribution in [0.2, 0.25) is 0 Å². The Morgan fingerprint density at radius 3 is 2.14 bits per heavy atom. The van der Waals surface area contributed by atoms with Crippen molar-refractivity contribution >= 4 is 23.9 Å². The molecule has 1 spiro atoms. The van der Waals surface area contributed by atoms with E-state index in [0.29, 0.717) is 34.0 Å². The average molecular weight is 1020 g/mol. The first kappa shape index (κ1) is 53.4. The summed E-state index contributed by atoms with van der Waals surface area (Å²) in [5.41, 5.74) is 0.565. The Morgan fingerprint density at radius 2 is 1.49 bits per heavy atom. The van der Waals surface area contributed by atoms with Crippen molar-refractivity contribution in [3.63, 3.8) is 0 Å². The van der Waals surface area contributed by atoms with Gasteiger partial charge in [0.05, 0.1) is 44.6 Å². The van der Waals surface area contributed by atoms with Crippen LogP contribution in [0, 0.1) is 51.8 Å². The van der Waals surface area contributed by atoms with Crippen LogP contribution in [0.25, 0.3) is 0 Å². The standard InChI is InChI=1S/C61H79NO12/c1-9-69-54(65)34-62(35-55(66)70-10-2)33-43(36-71-42-22-28-59(7)39(30-42)14-17-44-47-21-20-46(38(5)13-11-12-37(3)4)60(47,8)29-25-48(44)59)72-57(68)58(6)26-23-45-49(24-27-58)61(74-56(45)67)50-18-15-40(63)31-52(50)73-53-32-41(64)16-19-51(53)61/h14-16,18-19,23-24,26-27,31-32,37-38,42-44,46-48,63-64H,9-13,17,20-22,25,28-30,33-36H2,1-8H3/t38-,42+,43?,44?,46-,47?,48?,58?,59+,60-/m1/s1. The van der Waals surface area contributed by atoms with Crippen molar-refractivity contribution in [2.45, 2.75) is 144 Å². The molecule has 13 nitrogen and oxygen atoms in total. The molecule has 2 heterocycles. The number of allylic oxidation sites excluding steroid dienone is 1. The maximum Gasteiger partial charge on any atom is 0.340 e. The molecule has 5 unspecified atom stereocenters. The number of hydrogen-bond donors (Lipinski definition) is 2. The van der Waals surface area contributed by atoms with Crippen molar-refractivity contribution in [3.8, 4) is 23.0 Å². The second-order valence-electron chi connectivity index (χ2n) is 23.6. The zero-order chi connectivity index (χ0) is 52.7. The SMILES string of the molecule is CCOC(=O)CN(CC(=O)OCC)CC(CO[C@H]1CC[C@@]2(C)C(=CCC3C2CC[C@@]2(C)C3CC[C@@H]2[C@H](C)CCCC(C)C)C1)OC(=O)C1(C)C=CC2=C(C=C1)C1(OC2=O)c2ccc(O)cc2Oc2cc(O)ccc21. The Kier molecular flexibility index (Phi) is 15.4. The lowest BCUT2D eigenvalue weighted by molar-refractivity contribution is -0.162. The fourth-order valence-electron chi connectivity index (χ4n) is 14.7. The van der Waals surface area contributed by atoms with E-state index in [1.54, 1.807) is 62.1 Å². The Bertz CT molecular complexity index is 2540. The van der Waals surface area contributed by atoms with Crippen molar-refractivity contribution in [2.24, 2.45) is 51.8 Å². The summed E-state index contributed by atoms with van der Waals surface area (Å²) in [6.45, 7) is 17.3. The maximum absolute atomic E-state index is 14.8. The molecule has 9 rings (SSSR count). The quantitative estimate of drug-likeness (QED) is 0.0823. The molecule has 13 heteroatoms. The topological polar surface area (TPSA) is 167 Å². The molecule has 7 aliphatic rings. The zero-order valence-corrected chi connectivity index (χ0v) is 44.9. The molecule has 3 saturated carbocycles. The predicted molar refractivity (Wildman–Crippen MR) is 279 cm³/mol. The van der Waals surface area contributed by atoms with E-state index in [1.807, 2.05) is 0 Å². The lowest BCUT2D eigenvalue weighted by Crippen LogP contribution is -2.51. The highest BCUT2D eigenvalue weighted by atomic mass is 16.6. The summed E-state index contributed by atoms with van der Waals surface area (Å²) in [6.07, 6.45) is 21.1. The first-order valence-electron chi connectivity index (χ1n) is 27.6. The third-order valence-corrected chi connectivity index (χ3v) is 18.5. The summed E-state index contributed by atoms with van der Waals surface area (Å²) in [5.74, 6) is 2.42. The third kappa shape index (κ3) is 10.1. The van der Waals surface area contributed by atoms with Crippen molar-refractivity contribution < 1.29 is 57.8 Å². The second kappa shape index (κ2) is 21.3. The first-order chi connectivity index (χ1) is 35.3. The first-order valence-corrected chi connectivity index (χ1v) is 27.6. The normalized spacial score (nSPS) is 29.9. The molecule has 3 fully saturated rings. The van der Waals surface area contributed by atoms with Gasteiger partial charge in [0, 0.05) is 35.4 Å². The lowest BCUT2D eigenvalue weighted by atomic mass is 9.47. The zero-order valence-electron chi connectivity index (χ0n) is 44.9. The fourth-order valence-corrected chi connectivity index (χ4v) is 14.7. The number of phenols is 2. The van der Waals surface area contributed by atoms with Crippen molar-refractivity contribution in [1.29, 1.82) is 0 Å². The van der Waals surface area contributed by atoms with Crippen LogP contribution in [0.4, 0.5) is 0 Å². The largest absolute Gasteiger partial charge is 0.508 e. The van der Waals surface area contributed by atoms with E-state index < -0.39 is 41.0 Å². The lowest BCUT2D eigenvalue weighted by Gasteiger charge is -2.58. The molecule has 0 amide bonds. The number of fused-ring (bicyclic) bond motifs is 10. The molecule has 2 aromatic carbocycles. The molecule has 0 saturated heterocycles. The summed E-state index contributed by atoms with van der Waals surface area (Å²) in [7, 11) is 0. The van der Waals surface area contributed by atoms with Crippen LogP contribution < -0.4 is 4.74 Å². The third-order valence-electron chi connectivity index (χ3n) is 18.5. The highest BCUT2D eigenvalue weighted by molar-refractivity contribution is 5.99. The summed E-state index contributed by atoms with van der Waals surface area (Å²) in [5, 5.41) is 20.9. The number of esters is 4. The van der Waals surface area contributed by atoms with Crippen molar-refractivity contribution in [2.75, 3.05) is 39.5 Å². The number of aromatic hydroxyl groups is 2. The molecule has 2 aromatic rings. The highest BCUT2D eigenvalue weighted by Crippen LogP contribution is 2.67. The summed E-state index contributed by atoms with van der Waals surface area (Å²) < 4.78 is 36.3. The Morgan fingerprint density at radius 1 is 0.824 bits per heavy atom. The van der Waals surface area contributed by atoms with Crippen LogP contribution in [0.1, 0.15) is 137 Å². The minimum Gasteiger partial charge on any atom is -0.508 e. The molecule has 5 aliphatic carbocycles. The number of rotatable bonds is 18. The van der Waals surface area contributed by atoms with E-state index in [2.05, 4.69) is 40.7 Å². The molecule has 2 N–H and O–H groups in total. The van der Waals surface area contributed by atoms with Crippen LogP contribution in [-0.2, 0) is 48.5 Å². The van der Waals surface area contributed by atoms with Gasteiger partial charge in [-0.15, -0.1) is 0 Å². The summed E-state index contributed by atoms with van der Waals surface area (Å²) in [4.78, 5) is 56.3. The minimum absolute atomic E-state index is 0.00668. The van der Waals surface area contributed by atoms with Gasteiger partial charge in [0.15, 0.2) is 5.60 Å². The number of carbonyl (C=O) groups excluding carboxylic acids is 4. The molecule has 400 valence electrons. The van der Waals surface area contributed by atoms with Crippen LogP contribution in [-0.4, -0.2) is 90.7 Å². The van der Waals surface area contributed by atoms with Gasteiger partial charge in [0.1, 0.15) is 34.5 Å². The molecular formula is C61H79NO12. The molecule has 2 aliphatic heterocycles. The summed E-state index contributed by atoms with van der Waals surface area (Å²) >= 11 is 0. The summed E-state index contributed by atoms with van der Waals surface area (Å²) in [6, 6.07) is 9.06. The minimum atomic E-state index is -1.54. The van der Waals surface area contributed by atoms with E-state index in [9.17, 15) is 29.4 Å². The van der Waals surface area contributed by atoms with Gasteiger partial charge in [0.2, 0.25) is 0 Å². The number of hydrogen-bond acceptors (Lipinski definition) is 13. The van der Waals surface area contributed by atoms with E-state index in [0.717, 1.165) is 49.4 Å². The Hall–Kier alpha value is -5.40. The number of carbonyl (C=O) groups is 4. The predicted octanol–water partition coefficient (Wildman–Crippen LogP) is 11.2. The van der Waals surface area contributed by atoms with E-state index in [-0.39, 0.29) is 79.5 Å². The van der Waals surface area contributed by atoms with Crippen molar-refractivity contribution in [1.82, 2.24) is 4.90 Å². The Balaban J connectivity index is 0.938. The molecule has 0 radical (unpaired) electrons. The van der Waals surface area contributed by atoms with Gasteiger partial charge in [0.25, 0.3) is 0 Å². The monoisotopic (exact) mass is 1020 g/mol. The molecule has 74 heavy (non-hydrogen) atoms. The van der Waals surface area contributed by atoms with Gasteiger partial charge in [-0.05, 0) is 149 Å². The second-order valence-corrected chi connectivity index (χ2v) is 23.6. The van der Waals surface area contributed by atoms with E-state index >= 15 is 0 Å².